The zero-order valence-corrected chi connectivity index (χ0v) is 36.8. The van der Waals surface area contributed by atoms with Crippen LogP contribution in [0.1, 0.15) is 48.1 Å². The first-order valence-electron chi connectivity index (χ1n) is 22.4. The van der Waals surface area contributed by atoms with Gasteiger partial charge >= 0.3 is 0 Å². The monoisotopic (exact) mass is 823 g/mol. The first-order valence-corrected chi connectivity index (χ1v) is 22.4. The molecular formula is C61H49N3. The molecule has 0 saturated heterocycles. The third-order valence-corrected chi connectivity index (χ3v) is 13.3. The Hall–Kier alpha value is -7.75. The van der Waals surface area contributed by atoms with Gasteiger partial charge in [-0.2, -0.15) is 0 Å². The minimum atomic E-state index is 0.562. The van der Waals surface area contributed by atoms with Crippen LogP contribution >= 0.6 is 0 Å². The van der Waals surface area contributed by atoms with Gasteiger partial charge in [0.25, 0.3) is 0 Å². The molecule has 1 atom stereocenters. The van der Waals surface area contributed by atoms with Crippen LogP contribution in [0.2, 0.25) is 0 Å². The van der Waals surface area contributed by atoms with Crippen LogP contribution < -0.4 is 0 Å². The highest BCUT2D eigenvalue weighted by Crippen LogP contribution is 2.40. The number of aliphatic imine (C=N–C) groups is 1. The highest BCUT2D eigenvalue weighted by atomic mass is 15.0. The molecule has 0 N–H and O–H groups in total. The van der Waals surface area contributed by atoms with E-state index >= 15 is 0 Å². The van der Waals surface area contributed by atoms with Gasteiger partial charge in [0.2, 0.25) is 0 Å². The van der Waals surface area contributed by atoms with E-state index in [-0.39, 0.29) is 0 Å². The van der Waals surface area contributed by atoms with E-state index in [0.717, 1.165) is 45.8 Å². The van der Waals surface area contributed by atoms with Gasteiger partial charge in [0, 0.05) is 49.8 Å². The highest BCUT2D eigenvalue weighted by molar-refractivity contribution is 6.13. The van der Waals surface area contributed by atoms with Crippen molar-refractivity contribution in [3.63, 3.8) is 0 Å². The smallest absolute Gasteiger partial charge is 0.0711 e. The van der Waals surface area contributed by atoms with Crippen LogP contribution in [-0.4, -0.2) is 14.8 Å². The molecule has 1 unspecified atom stereocenters. The van der Waals surface area contributed by atoms with E-state index in [1.54, 1.807) is 0 Å². The van der Waals surface area contributed by atoms with Gasteiger partial charge < -0.3 is 9.13 Å². The number of hydrogen-bond donors (Lipinski definition) is 0. The zero-order valence-electron chi connectivity index (χ0n) is 36.8. The molecular weight excluding hydrogens is 775 g/mol. The average molecular weight is 824 g/mol. The zero-order chi connectivity index (χ0) is 43.5. The van der Waals surface area contributed by atoms with Crippen molar-refractivity contribution >= 4 is 66.3 Å². The second-order valence-electron chi connectivity index (χ2n) is 17.4. The number of allylic oxidation sites excluding steroid dienone is 4. The molecule has 10 aromatic rings. The summed E-state index contributed by atoms with van der Waals surface area (Å²) < 4.78 is 4.78. The van der Waals surface area contributed by atoms with E-state index in [0.29, 0.717) is 5.92 Å². The molecule has 0 radical (unpaired) electrons. The molecule has 64 heavy (non-hydrogen) atoms. The number of fused-ring (bicyclic) bond motifs is 6. The summed E-state index contributed by atoms with van der Waals surface area (Å²) in [6.45, 7) is 13.6. The van der Waals surface area contributed by atoms with Crippen molar-refractivity contribution in [1.29, 1.82) is 0 Å². The number of aryl methyl sites for hydroxylation is 2. The average Bonchev–Trinajstić information content (AvgIpc) is 3.84. The van der Waals surface area contributed by atoms with Crippen molar-refractivity contribution in [1.82, 2.24) is 9.13 Å². The summed E-state index contributed by atoms with van der Waals surface area (Å²) in [7, 11) is 0. The minimum absolute atomic E-state index is 0.562. The Morgan fingerprint density at radius 3 is 1.97 bits per heavy atom. The van der Waals surface area contributed by atoms with Crippen LogP contribution in [0.5, 0.6) is 0 Å². The third-order valence-electron chi connectivity index (χ3n) is 13.3. The SMILES string of the molecule is C=C(c1ccc2c(c1)c1ccccc1n2-c1ccccc1)c1ccccc1N=C(C)c1cccc(C)c1-c1cc(-c2ccc3c(c2)c2ccccc2n3C2=CCC(C)C=C2)ccc1C. The molecule has 1 aliphatic carbocycles. The van der Waals surface area contributed by atoms with Crippen molar-refractivity contribution in [3.05, 3.63) is 229 Å². The number of nitrogens with zero attached hydrogens (tertiary/aromatic N) is 3. The summed E-state index contributed by atoms with van der Waals surface area (Å²) in [5, 5.41) is 4.96. The van der Waals surface area contributed by atoms with E-state index in [9.17, 15) is 0 Å². The Balaban J connectivity index is 0.966. The molecule has 11 rings (SSSR count). The van der Waals surface area contributed by atoms with Gasteiger partial charge in [0.15, 0.2) is 0 Å². The quantitative estimate of drug-likeness (QED) is 0.136. The van der Waals surface area contributed by atoms with Crippen molar-refractivity contribution in [2.75, 3.05) is 0 Å². The van der Waals surface area contributed by atoms with Crippen LogP contribution in [-0.2, 0) is 0 Å². The lowest BCUT2D eigenvalue weighted by atomic mass is 9.88. The van der Waals surface area contributed by atoms with Crippen LogP contribution in [0.15, 0.2) is 206 Å². The maximum absolute atomic E-state index is 5.42. The Morgan fingerprint density at radius 1 is 0.562 bits per heavy atom. The maximum Gasteiger partial charge on any atom is 0.0711 e. The van der Waals surface area contributed by atoms with Crippen LogP contribution in [0.4, 0.5) is 5.69 Å². The van der Waals surface area contributed by atoms with Crippen molar-refractivity contribution in [2.24, 2.45) is 10.9 Å². The van der Waals surface area contributed by atoms with Gasteiger partial charge in [-0.05, 0) is 144 Å². The fourth-order valence-electron chi connectivity index (χ4n) is 9.95. The summed E-state index contributed by atoms with van der Waals surface area (Å²) in [4.78, 5) is 5.42. The van der Waals surface area contributed by atoms with Crippen LogP contribution in [0.3, 0.4) is 0 Å². The lowest BCUT2D eigenvalue weighted by molar-refractivity contribution is 0.735. The summed E-state index contributed by atoms with van der Waals surface area (Å²) in [6, 6.07) is 63.7. The molecule has 0 amide bonds. The summed E-state index contributed by atoms with van der Waals surface area (Å²) in [5.74, 6) is 0.562. The topological polar surface area (TPSA) is 22.2 Å². The Bertz CT molecular complexity index is 3590. The molecule has 2 heterocycles. The number of hydrogen-bond acceptors (Lipinski definition) is 1. The predicted octanol–water partition coefficient (Wildman–Crippen LogP) is 16.5. The molecule has 0 fully saturated rings. The summed E-state index contributed by atoms with van der Waals surface area (Å²) in [5.41, 5.74) is 20.5. The van der Waals surface area contributed by atoms with Crippen molar-refractivity contribution in [3.8, 4) is 27.9 Å². The van der Waals surface area contributed by atoms with E-state index in [4.69, 9.17) is 11.6 Å². The van der Waals surface area contributed by atoms with Crippen LogP contribution in [0, 0.1) is 19.8 Å². The lowest BCUT2D eigenvalue weighted by Crippen LogP contribution is -2.02. The molecule has 0 aliphatic heterocycles. The second-order valence-corrected chi connectivity index (χ2v) is 17.4. The number of para-hydroxylation sites is 4. The summed E-state index contributed by atoms with van der Waals surface area (Å²) >= 11 is 0. The van der Waals surface area contributed by atoms with E-state index in [1.807, 2.05) is 0 Å². The standard InChI is InChI=1S/C61H49N3/c1-39-26-32-48(33-27-39)64-58-25-14-11-21-52(58)55-38-46(31-35-60(55)64)45-29-28-40(2)53(37-45)61-41(3)16-15-22-50(61)43(5)62-56-23-12-9-19-49(56)42(4)44-30-34-59-54(36-44)51-20-10-13-24-57(51)63(59)47-17-7-6-8-18-47/h6-26,28-39H,4,27H2,1-3,5H3. The molecule has 0 bridgehead atoms. The normalized spacial score (nSPS) is 14.2. The lowest BCUT2D eigenvalue weighted by Gasteiger charge is -2.17. The van der Waals surface area contributed by atoms with Gasteiger partial charge in [-0.3, -0.25) is 4.99 Å². The molecule has 2 aromatic heterocycles. The first kappa shape index (κ1) is 39.1. The molecule has 3 heteroatoms. The Morgan fingerprint density at radius 2 is 1.19 bits per heavy atom. The molecule has 8 aromatic carbocycles. The highest BCUT2D eigenvalue weighted by Gasteiger charge is 2.19. The van der Waals surface area contributed by atoms with E-state index < -0.39 is 0 Å². The number of aromatic nitrogens is 2. The van der Waals surface area contributed by atoms with Gasteiger partial charge in [0.05, 0.1) is 27.8 Å². The van der Waals surface area contributed by atoms with Gasteiger partial charge in [-0.15, -0.1) is 0 Å². The van der Waals surface area contributed by atoms with E-state index in [2.05, 4.69) is 231 Å². The number of benzene rings is 8. The van der Waals surface area contributed by atoms with Gasteiger partial charge in [0.1, 0.15) is 0 Å². The fraction of sp³-hybridized carbons (Fsp3) is 0.0984. The fourth-order valence-corrected chi connectivity index (χ4v) is 9.95. The van der Waals surface area contributed by atoms with Gasteiger partial charge in [-0.25, -0.2) is 0 Å². The maximum atomic E-state index is 5.42. The molecule has 0 spiro atoms. The first-order chi connectivity index (χ1) is 31.3. The number of rotatable bonds is 8. The van der Waals surface area contributed by atoms with Crippen molar-refractivity contribution < 1.29 is 0 Å². The predicted molar refractivity (Wildman–Crippen MR) is 274 cm³/mol. The summed E-state index contributed by atoms with van der Waals surface area (Å²) in [6.07, 6.45) is 8.04. The molecule has 1 aliphatic rings. The minimum Gasteiger partial charge on any atom is -0.310 e. The molecule has 0 saturated carbocycles. The molecule has 3 nitrogen and oxygen atoms in total. The van der Waals surface area contributed by atoms with E-state index in [1.165, 1.54) is 82.7 Å². The Kier molecular flexibility index (Phi) is 9.70. The molecule has 308 valence electrons. The Labute approximate surface area is 375 Å². The second kappa shape index (κ2) is 15.9. The van der Waals surface area contributed by atoms with Crippen molar-refractivity contribution in [2.45, 2.75) is 34.1 Å². The largest absolute Gasteiger partial charge is 0.310 e. The van der Waals surface area contributed by atoms with Gasteiger partial charge in [-0.1, -0.05) is 141 Å². The third kappa shape index (κ3) is 6.64. The van der Waals surface area contributed by atoms with Crippen LogP contribution in [0.25, 0.3) is 82.8 Å².